The van der Waals surface area contributed by atoms with Gasteiger partial charge >= 0.3 is 0 Å². The van der Waals surface area contributed by atoms with Gasteiger partial charge in [-0.05, 0) is 25.7 Å². The Morgan fingerprint density at radius 3 is 2.14 bits per heavy atom. The largest absolute Gasteiger partial charge is 0.298 e. The molecule has 1 atom stereocenters. The lowest BCUT2D eigenvalue weighted by atomic mass is 9.98. The first-order valence-corrected chi connectivity index (χ1v) is 7.08. The van der Waals surface area contributed by atoms with Gasteiger partial charge in [0.1, 0.15) is 5.25 Å². The molecule has 1 aliphatic heterocycles. The van der Waals surface area contributed by atoms with Crippen LogP contribution in [0.4, 0.5) is 0 Å². The molecule has 4 heteroatoms. The molecule has 80 valence electrons. The molecule has 1 saturated carbocycles. The van der Waals surface area contributed by atoms with Crippen LogP contribution in [0.2, 0.25) is 0 Å². The van der Waals surface area contributed by atoms with Crippen LogP contribution in [0.3, 0.4) is 0 Å². The van der Waals surface area contributed by atoms with Crippen molar-refractivity contribution in [2.75, 3.05) is 5.75 Å². The number of Topliss-reactive ketones (excluding diaryl/α,β-unsaturated/α-hetero) is 1. The smallest absolute Gasteiger partial charge is 0.160 e. The van der Waals surface area contributed by atoms with Crippen molar-refractivity contribution in [3.8, 4) is 0 Å². The maximum Gasteiger partial charge on any atom is 0.160 e. The van der Waals surface area contributed by atoms with Gasteiger partial charge in [0.25, 0.3) is 0 Å². The Labute approximate surface area is 84.8 Å². The highest BCUT2D eigenvalue weighted by molar-refractivity contribution is 7.93. The van der Waals surface area contributed by atoms with Crippen LogP contribution >= 0.6 is 0 Å². The molecule has 0 aromatic carbocycles. The second-order valence-electron chi connectivity index (χ2n) is 4.38. The number of rotatable bonds is 2. The Balaban J connectivity index is 2.11. The summed E-state index contributed by atoms with van der Waals surface area (Å²) in [5.74, 6) is 0.281. The molecule has 0 aromatic rings. The van der Waals surface area contributed by atoms with Gasteiger partial charge in [0.05, 0.1) is 5.75 Å². The van der Waals surface area contributed by atoms with Crippen LogP contribution in [-0.4, -0.2) is 25.2 Å². The van der Waals surface area contributed by atoms with Gasteiger partial charge in [-0.25, -0.2) is 8.42 Å². The average Bonchev–Trinajstić information content (AvgIpc) is 2.71. The summed E-state index contributed by atoms with van der Waals surface area (Å²) < 4.78 is 23.1. The minimum absolute atomic E-state index is 0.0139. The summed E-state index contributed by atoms with van der Waals surface area (Å²) in [5.41, 5.74) is 0. The number of hydrogen-bond donors (Lipinski definition) is 0. The summed E-state index contributed by atoms with van der Waals surface area (Å²) in [7, 11) is -3.07. The summed E-state index contributed by atoms with van der Waals surface area (Å²) >= 11 is 0. The van der Waals surface area contributed by atoms with E-state index in [9.17, 15) is 13.2 Å². The second-order valence-corrected chi connectivity index (χ2v) is 6.68. The molecule has 0 N–H and O–H groups in total. The molecule has 2 fully saturated rings. The molecular weight excluding hydrogens is 200 g/mol. The van der Waals surface area contributed by atoms with E-state index in [1.807, 2.05) is 0 Å². The Morgan fingerprint density at radius 2 is 1.64 bits per heavy atom. The van der Waals surface area contributed by atoms with E-state index in [0.717, 1.165) is 25.7 Å². The van der Waals surface area contributed by atoms with Gasteiger partial charge < -0.3 is 0 Å². The fourth-order valence-electron chi connectivity index (χ4n) is 2.58. The van der Waals surface area contributed by atoms with E-state index in [-0.39, 0.29) is 17.5 Å². The molecule has 0 aromatic heterocycles. The molecular formula is C10H16O3S. The summed E-state index contributed by atoms with van der Waals surface area (Å²) in [6.45, 7) is 0. The van der Waals surface area contributed by atoms with Crippen molar-refractivity contribution in [2.24, 2.45) is 5.92 Å². The van der Waals surface area contributed by atoms with E-state index < -0.39 is 15.1 Å². The molecule has 1 unspecified atom stereocenters. The van der Waals surface area contributed by atoms with Crippen LogP contribution in [0.25, 0.3) is 0 Å². The highest BCUT2D eigenvalue weighted by atomic mass is 32.2. The first kappa shape index (κ1) is 10.1. The van der Waals surface area contributed by atoms with Crippen molar-refractivity contribution in [3.05, 3.63) is 0 Å². The average molecular weight is 216 g/mol. The molecule has 1 heterocycles. The van der Waals surface area contributed by atoms with E-state index in [1.165, 1.54) is 0 Å². The van der Waals surface area contributed by atoms with Gasteiger partial charge in [0.2, 0.25) is 0 Å². The zero-order chi connectivity index (χ0) is 10.2. The van der Waals surface area contributed by atoms with Crippen molar-refractivity contribution < 1.29 is 13.2 Å². The van der Waals surface area contributed by atoms with Gasteiger partial charge in [-0.2, -0.15) is 0 Å². The summed E-state index contributed by atoms with van der Waals surface area (Å²) in [6.07, 6.45) is 5.23. The van der Waals surface area contributed by atoms with Gasteiger partial charge in [-0.1, -0.05) is 12.8 Å². The Hall–Kier alpha value is -0.380. The first-order chi connectivity index (χ1) is 6.61. The van der Waals surface area contributed by atoms with E-state index in [0.29, 0.717) is 12.8 Å². The molecule has 0 spiro atoms. The van der Waals surface area contributed by atoms with Crippen molar-refractivity contribution in [1.29, 1.82) is 0 Å². The lowest BCUT2D eigenvalue weighted by Gasteiger charge is -2.13. The zero-order valence-corrected chi connectivity index (χ0v) is 9.05. The van der Waals surface area contributed by atoms with Crippen LogP contribution in [0.5, 0.6) is 0 Å². The predicted molar refractivity (Wildman–Crippen MR) is 53.8 cm³/mol. The van der Waals surface area contributed by atoms with Crippen LogP contribution in [0.1, 0.15) is 38.5 Å². The van der Waals surface area contributed by atoms with Crippen molar-refractivity contribution in [1.82, 2.24) is 0 Å². The molecule has 0 bridgehead atoms. The van der Waals surface area contributed by atoms with Crippen LogP contribution in [-0.2, 0) is 14.6 Å². The molecule has 2 rings (SSSR count). The number of hydrogen-bond acceptors (Lipinski definition) is 3. The molecule has 1 saturated heterocycles. The van der Waals surface area contributed by atoms with E-state index in [1.54, 1.807) is 0 Å². The highest BCUT2D eigenvalue weighted by Gasteiger charge is 2.40. The number of carbonyl (C=O) groups excluding carboxylic acids is 1. The maximum absolute atomic E-state index is 11.9. The minimum Gasteiger partial charge on any atom is -0.298 e. The lowest BCUT2D eigenvalue weighted by Crippen LogP contribution is -2.30. The molecule has 0 radical (unpaired) electrons. The van der Waals surface area contributed by atoms with E-state index in [4.69, 9.17) is 0 Å². The summed E-state index contributed by atoms with van der Waals surface area (Å²) in [6, 6.07) is 0. The summed E-state index contributed by atoms with van der Waals surface area (Å²) in [4.78, 5) is 11.9. The minimum atomic E-state index is -3.07. The summed E-state index contributed by atoms with van der Waals surface area (Å²) in [5, 5.41) is -0.648. The molecule has 2 aliphatic rings. The lowest BCUT2D eigenvalue weighted by molar-refractivity contribution is -0.122. The fraction of sp³-hybridized carbons (Fsp3) is 0.900. The highest BCUT2D eigenvalue weighted by Crippen LogP contribution is 2.31. The Morgan fingerprint density at radius 1 is 1.00 bits per heavy atom. The van der Waals surface area contributed by atoms with Gasteiger partial charge in [-0.3, -0.25) is 4.79 Å². The SMILES string of the molecule is O=C(C1CCCC1)C1CCCS1(=O)=O. The molecule has 3 nitrogen and oxygen atoms in total. The Kier molecular flexibility index (Phi) is 2.64. The van der Waals surface area contributed by atoms with Crippen LogP contribution < -0.4 is 0 Å². The van der Waals surface area contributed by atoms with Gasteiger partial charge in [0, 0.05) is 5.92 Å². The van der Waals surface area contributed by atoms with E-state index >= 15 is 0 Å². The van der Waals surface area contributed by atoms with Crippen molar-refractivity contribution in [3.63, 3.8) is 0 Å². The molecule has 14 heavy (non-hydrogen) atoms. The zero-order valence-electron chi connectivity index (χ0n) is 8.24. The van der Waals surface area contributed by atoms with Gasteiger partial charge in [0.15, 0.2) is 15.6 Å². The number of carbonyl (C=O) groups is 1. The Bertz CT molecular complexity index is 325. The maximum atomic E-state index is 11.9. The third-order valence-electron chi connectivity index (χ3n) is 3.40. The van der Waals surface area contributed by atoms with Gasteiger partial charge in [-0.15, -0.1) is 0 Å². The third kappa shape index (κ3) is 1.72. The second kappa shape index (κ2) is 3.65. The topological polar surface area (TPSA) is 51.2 Å². The molecule has 0 amide bonds. The monoisotopic (exact) mass is 216 g/mol. The van der Waals surface area contributed by atoms with Crippen molar-refractivity contribution >= 4 is 15.6 Å². The number of sulfone groups is 1. The van der Waals surface area contributed by atoms with E-state index in [2.05, 4.69) is 0 Å². The first-order valence-electron chi connectivity index (χ1n) is 5.36. The predicted octanol–water partition coefficient (Wildman–Crippen LogP) is 1.32. The van der Waals surface area contributed by atoms with Crippen LogP contribution in [0.15, 0.2) is 0 Å². The standard InChI is InChI=1S/C10H16O3S/c11-10(8-4-1-2-5-8)9-6-3-7-14(9,12)13/h8-9H,1-7H2. The fourth-order valence-corrected chi connectivity index (χ4v) is 4.51. The quantitative estimate of drug-likeness (QED) is 0.699. The normalized spacial score (nSPS) is 32.1. The number of ketones is 1. The molecule has 1 aliphatic carbocycles. The van der Waals surface area contributed by atoms with Crippen molar-refractivity contribution in [2.45, 2.75) is 43.8 Å². The van der Waals surface area contributed by atoms with Crippen LogP contribution in [0, 0.1) is 5.92 Å². The third-order valence-corrected chi connectivity index (χ3v) is 5.60.